The summed E-state index contributed by atoms with van der Waals surface area (Å²) in [6.07, 6.45) is 1.13. The Hall–Kier alpha value is -2.59. The largest absolute Gasteiger partial charge is 0.397 e. The molecule has 0 aliphatic carbocycles. The first kappa shape index (κ1) is 13.8. The fourth-order valence-electron chi connectivity index (χ4n) is 1.58. The lowest BCUT2D eigenvalue weighted by Crippen LogP contribution is -2.14. The smallest absolute Gasteiger partial charge is 0.263 e. The highest BCUT2D eigenvalue weighted by atomic mass is 32.2. The van der Waals surface area contributed by atoms with Gasteiger partial charge in [-0.05, 0) is 36.8 Å². The first-order valence-electron chi connectivity index (χ1n) is 5.67. The number of nitriles is 1. The van der Waals surface area contributed by atoms with Gasteiger partial charge in [0.25, 0.3) is 10.0 Å². The molecule has 6 nitrogen and oxygen atoms in total. The van der Waals surface area contributed by atoms with Gasteiger partial charge in [0, 0.05) is 6.20 Å². The third kappa shape index (κ3) is 2.87. The minimum atomic E-state index is -3.78. The SMILES string of the molecule is Cc1ccc(NS(=O)(=O)c2ccc(C#N)nc2)c(N)c1. The average Bonchev–Trinajstić information content (AvgIpc) is 2.42. The Balaban J connectivity index is 2.33. The van der Waals surface area contributed by atoms with E-state index in [9.17, 15) is 8.42 Å². The molecule has 20 heavy (non-hydrogen) atoms. The molecule has 0 amide bonds. The van der Waals surface area contributed by atoms with Crippen LogP contribution >= 0.6 is 0 Å². The lowest BCUT2D eigenvalue weighted by Gasteiger charge is -2.10. The van der Waals surface area contributed by atoms with Gasteiger partial charge in [-0.2, -0.15) is 5.26 Å². The van der Waals surface area contributed by atoms with Gasteiger partial charge in [0.2, 0.25) is 0 Å². The van der Waals surface area contributed by atoms with E-state index in [2.05, 4.69) is 9.71 Å². The highest BCUT2D eigenvalue weighted by molar-refractivity contribution is 7.92. The molecular formula is C13H12N4O2S. The van der Waals surface area contributed by atoms with Gasteiger partial charge in [-0.1, -0.05) is 6.07 Å². The molecule has 0 spiro atoms. The van der Waals surface area contributed by atoms with Crippen LogP contribution in [0, 0.1) is 18.3 Å². The van der Waals surface area contributed by atoms with E-state index in [1.165, 1.54) is 12.1 Å². The van der Waals surface area contributed by atoms with Crippen molar-refractivity contribution in [1.82, 2.24) is 4.98 Å². The Morgan fingerprint density at radius 3 is 2.60 bits per heavy atom. The van der Waals surface area contributed by atoms with Crippen molar-refractivity contribution >= 4 is 21.4 Å². The maximum atomic E-state index is 12.1. The molecule has 0 radical (unpaired) electrons. The molecule has 0 fully saturated rings. The number of rotatable bonds is 3. The summed E-state index contributed by atoms with van der Waals surface area (Å²) in [5.74, 6) is 0. The molecule has 0 bridgehead atoms. The number of nitrogens with zero attached hydrogens (tertiary/aromatic N) is 2. The number of nitrogen functional groups attached to an aromatic ring is 1. The zero-order chi connectivity index (χ0) is 14.8. The lowest BCUT2D eigenvalue weighted by atomic mass is 10.2. The Bertz CT molecular complexity index is 777. The standard InChI is InChI=1S/C13H12N4O2S/c1-9-2-5-13(12(15)6-9)17-20(18,19)11-4-3-10(7-14)16-8-11/h2-6,8,17H,15H2,1H3. The van der Waals surface area contributed by atoms with E-state index in [1.54, 1.807) is 18.2 Å². The molecule has 0 aliphatic rings. The second kappa shape index (κ2) is 5.19. The summed E-state index contributed by atoms with van der Waals surface area (Å²) in [4.78, 5) is 3.70. The number of aryl methyl sites for hydroxylation is 1. The van der Waals surface area contributed by atoms with Crippen molar-refractivity contribution in [3.05, 3.63) is 47.8 Å². The molecule has 2 rings (SSSR count). The van der Waals surface area contributed by atoms with E-state index in [0.717, 1.165) is 11.8 Å². The highest BCUT2D eigenvalue weighted by Gasteiger charge is 2.16. The van der Waals surface area contributed by atoms with Crippen LogP contribution in [-0.2, 0) is 10.0 Å². The molecule has 0 saturated carbocycles. The van der Waals surface area contributed by atoms with Crippen molar-refractivity contribution in [2.24, 2.45) is 0 Å². The number of nitrogens with two attached hydrogens (primary N) is 1. The van der Waals surface area contributed by atoms with Crippen molar-refractivity contribution in [2.75, 3.05) is 10.5 Å². The molecule has 0 unspecified atom stereocenters. The number of hydrogen-bond donors (Lipinski definition) is 2. The summed E-state index contributed by atoms with van der Waals surface area (Å²) >= 11 is 0. The molecule has 3 N–H and O–H groups in total. The first-order valence-corrected chi connectivity index (χ1v) is 7.16. The van der Waals surface area contributed by atoms with Gasteiger partial charge < -0.3 is 5.73 Å². The van der Waals surface area contributed by atoms with Crippen LogP contribution < -0.4 is 10.5 Å². The van der Waals surface area contributed by atoms with Crippen molar-refractivity contribution in [2.45, 2.75) is 11.8 Å². The van der Waals surface area contributed by atoms with Gasteiger partial charge in [0.05, 0.1) is 11.4 Å². The summed E-state index contributed by atoms with van der Waals surface area (Å²) in [7, 11) is -3.78. The molecule has 102 valence electrons. The molecule has 1 aromatic carbocycles. The number of sulfonamides is 1. The van der Waals surface area contributed by atoms with Crippen LogP contribution in [0.3, 0.4) is 0 Å². The van der Waals surface area contributed by atoms with Gasteiger partial charge in [-0.3, -0.25) is 4.72 Å². The minimum absolute atomic E-state index is 0.0310. The third-order valence-corrected chi connectivity index (χ3v) is 3.96. The van der Waals surface area contributed by atoms with Crippen LogP contribution in [0.1, 0.15) is 11.3 Å². The van der Waals surface area contributed by atoms with Crippen molar-refractivity contribution in [3.63, 3.8) is 0 Å². The number of anilines is 2. The highest BCUT2D eigenvalue weighted by Crippen LogP contribution is 2.22. The summed E-state index contributed by atoms with van der Waals surface area (Å²) in [5.41, 5.74) is 7.50. The Morgan fingerprint density at radius 2 is 2.05 bits per heavy atom. The molecule has 2 aromatic rings. The fraction of sp³-hybridized carbons (Fsp3) is 0.0769. The fourth-order valence-corrected chi connectivity index (χ4v) is 2.62. The number of nitrogens with one attached hydrogen (secondary N) is 1. The van der Waals surface area contributed by atoms with Crippen LogP contribution in [0.2, 0.25) is 0 Å². The molecule has 0 saturated heterocycles. The average molecular weight is 288 g/mol. The summed E-state index contributed by atoms with van der Waals surface area (Å²) in [6, 6.07) is 9.51. The van der Waals surface area contributed by atoms with E-state index in [4.69, 9.17) is 11.0 Å². The van der Waals surface area contributed by atoms with E-state index in [0.29, 0.717) is 11.4 Å². The van der Waals surface area contributed by atoms with Crippen LogP contribution in [0.25, 0.3) is 0 Å². The van der Waals surface area contributed by atoms with Crippen molar-refractivity contribution < 1.29 is 8.42 Å². The van der Waals surface area contributed by atoms with Gasteiger partial charge in [0.15, 0.2) is 0 Å². The van der Waals surface area contributed by atoms with E-state index in [1.807, 2.05) is 13.0 Å². The summed E-state index contributed by atoms with van der Waals surface area (Å²) < 4.78 is 26.7. The Labute approximate surface area is 116 Å². The van der Waals surface area contributed by atoms with Crippen LogP contribution in [0.15, 0.2) is 41.4 Å². The number of pyridine rings is 1. The summed E-state index contributed by atoms with van der Waals surface area (Å²) in [5, 5.41) is 8.63. The number of benzene rings is 1. The lowest BCUT2D eigenvalue weighted by molar-refractivity contribution is 0.601. The maximum absolute atomic E-state index is 12.1. The predicted octanol–water partition coefficient (Wildman–Crippen LogP) is 1.64. The van der Waals surface area contributed by atoms with Crippen LogP contribution in [0.5, 0.6) is 0 Å². The molecule has 7 heteroatoms. The molecule has 0 aliphatic heterocycles. The third-order valence-electron chi connectivity index (χ3n) is 2.61. The molecule has 1 heterocycles. The Morgan fingerprint density at radius 1 is 1.30 bits per heavy atom. The number of aromatic nitrogens is 1. The second-order valence-electron chi connectivity index (χ2n) is 4.19. The number of hydrogen-bond acceptors (Lipinski definition) is 5. The minimum Gasteiger partial charge on any atom is -0.397 e. The Kier molecular flexibility index (Phi) is 3.59. The van der Waals surface area contributed by atoms with Gasteiger partial charge in [-0.25, -0.2) is 13.4 Å². The predicted molar refractivity (Wildman–Crippen MR) is 75.4 cm³/mol. The normalized spacial score (nSPS) is 10.8. The van der Waals surface area contributed by atoms with Gasteiger partial charge in [-0.15, -0.1) is 0 Å². The van der Waals surface area contributed by atoms with E-state index < -0.39 is 10.0 Å². The quantitative estimate of drug-likeness (QED) is 0.834. The maximum Gasteiger partial charge on any atom is 0.263 e. The van der Waals surface area contributed by atoms with E-state index in [-0.39, 0.29) is 10.6 Å². The first-order chi connectivity index (χ1) is 9.42. The topological polar surface area (TPSA) is 109 Å². The molecule has 0 atom stereocenters. The zero-order valence-electron chi connectivity index (χ0n) is 10.7. The van der Waals surface area contributed by atoms with Gasteiger partial charge in [0.1, 0.15) is 16.7 Å². The van der Waals surface area contributed by atoms with Crippen molar-refractivity contribution in [3.8, 4) is 6.07 Å². The van der Waals surface area contributed by atoms with E-state index >= 15 is 0 Å². The summed E-state index contributed by atoms with van der Waals surface area (Å²) in [6.45, 7) is 1.86. The molecule has 1 aromatic heterocycles. The zero-order valence-corrected chi connectivity index (χ0v) is 11.5. The molecular weight excluding hydrogens is 276 g/mol. The van der Waals surface area contributed by atoms with Gasteiger partial charge >= 0.3 is 0 Å². The van der Waals surface area contributed by atoms with Crippen LogP contribution in [0.4, 0.5) is 11.4 Å². The monoisotopic (exact) mass is 288 g/mol. The second-order valence-corrected chi connectivity index (χ2v) is 5.87. The van der Waals surface area contributed by atoms with Crippen molar-refractivity contribution in [1.29, 1.82) is 5.26 Å². The van der Waals surface area contributed by atoms with Crippen LogP contribution in [-0.4, -0.2) is 13.4 Å².